The van der Waals surface area contributed by atoms with Crippen LogP contribution in [0.25, 0.3) is 6.08 Å². The number of piperazine rings is 1. The number of hydrogen-bond acceptors (Lipinski definition) is 6. The van der Waals surface area contributed by atoms with E-state index in [1.807, 2.05) is 18.2 Å². The number of thioether (sulfide) groups is 1. The van der Waals surface area contributed by atoms with Crippen molar-refractivity contribution < 1.29 is 19.1 Å². The fraction of sp³-hybridized carbons (Fsp3) is 0.429. The van der Waals surface area contributed by atoms with Gasteiger partial charge in [0.25, 0.3) is 5.91 Å². The van der Waals surface area contributed by atoms with Crippen LogP contribution in [-0.2, 0) is 14.3 Å². The Morgan fingerprint density at radius 2 is 1.87 bits per heavy atom. The molecule has 2 saturated heterocycles. The van der Waals surface area contributed by atoms with Crippen LogP contribution >= 0.6 is 35.6 Å². The fourth-order valence-corrected chi connectivity index (χ4v) is 4.82. The summed E-state index contributed by atoms with van der Waals surface area (Å²) >= 11 is 12.8. The molecule has 0 aliphatic carbocycles. The number of halogens is 1. The lowest BCUT2D eigenvalue weighted by Crippen LogP contribution is -2.50. The van der Waals surface area contributed by atoms with Crippen molar-refractivity contribution in [2.45, 2.75) is 19.8 Å². The van der Waals surface area contributed by atoms with E-state index in [9.17, 15) is 14.4 Å². The van der Waals surface area contributed by atoms with Crippen molar-refractivity contribution in [3.8, 4) is 0 Å². The molecule has 1 aromatic rings. The van der Waals surface area contributed by atoms with Crippen molar-refractivity contribution >= 4 is 63.9 Å². The van der Waals surface area contributed by atoms with Crippen molar-refractivity contribution in [3.05, 3.63) is 39.8 Å². The average molecular weight is 482 g/mol. The quantitative estimate of drug-likeness (QED) is 0.456. The Morgan fingerprint density at radius 3 is 2.55 bits per heavy atom. The molecule has 2 aliphatic rings. The third kappa shape index (κ3) is 5.99. The van der Waals surface area contributed by atoms with Crippen LogP contribution in [0.4, 0.5) is 4.79 Å². The van der Waals surface area contributed by atoms with E-state index < -0.39 is 0 Å². The van der Waals surface area contributed by atoms with Crippen molar-refractivity contribution in [2.24, 2.45) is 0 Å². The molecule has 0 N–H and O–H groups in total. The Hall–Kier alpha value is -2.10. The van der Waals surface area contributed by atoms with Gasteiger partial charge in [-0.3, -0.25) is 14.5 Å². The van der Waals surface area contributed by atoms with Crippen LogP contribution in [0, 0.1) is 0 Å². The zero-order chi connectivity index (χ0) is 22.4. The summed E-state index contributed by atoms with van der Waals surface area (Å²) in [7, 11) is 0. The van der Waals surface area contributed by atoms with E-state index in [0.29, 0.717) is 66.4 Å². The van der Waals surface area contributed by atoms with Gasteiger partial charge in [-0.15, -0.1) is 0 Å². The number of thiocarbonyl (C=S) groups is 1. The largest absolute Gasteiger partial charge is 0.450 e. The molecule has 3 amide bonds. The highest BCUT2D eigenvalue weighted by atomic mass is 35.5. The number of nitrogens with zero attached hydrogens (tertiary/aromatic N) is 3. The molecular formula is C21H24ClN3O4S2. The zero-order valence-electron chi connectivity index (χ0n) is 17.2. The molecule has 2 fully saturated rings. The van der Waals surface area contributed by atoms with Gasteiger partial charge in [-0.2, -0.15) is 0 Å². The predicted octanol–water partition coefficient (Wildman–Crippen LogP) is 3.62. The third-order valence-electron chi connectivity index (χ3n) is 5.00. The van der Waals surface area contributed by atoms with Gasteiger partial charge in [0, 0.05) is 44.2 Å². The number of carbonyl (C=O) groups is 3. The topological polar surface area (TPSA) is 70.2 Å². The van der Waals surface area contributed by atoms with E-state index in [1.165, 1.54) is 16.7 Å². The number of rotatable bonds is 6. The Morgan fingerprint density at radius 1 is 1.19 bits per heavy atom. The molecule has 2 aliphatic heterocycles. The minimum absolute atomic E-state index is 0.0144. The molecule has 0 atom stereocenters. The SMILES string of the molecule is CCOC(=O)N1CCN(C(=O)CCCN2C(=O)/C(=C\c3ccccc3Cl)SC2=S)CC1. The maximum Gasteiger partial charge on any atom is 0.409 e. The van der Waals surface area contributed by atoms with Crippen LogP contribution in [0.3, 0.4) is 0 Å². The van der Waals surface area contributed by atoms with E-state index in [0.717, 1.165) is 5.56 Å². The summed E-state index contributed by atoms with van der Waals surface area (Å²) in [6.45, 7) is 4.39. The summed E-state index contributed by atoms with van der Waals surface area (Å²) < 4.78 is 5.48. The highest BCUT2D eigenvalue weighted by Gasteiger charge is 2.32. The zero-order valence-corrected chi connectivity index (χ0v) is 19.6. The minimum atomic E-state index is -0.339. The summed E-state index contributed by atoms with van der Waals surface area (Å²) in [6, 6.07) is 7.30. The van der Waals surface area contributed by atoms with Crippen molar-refractivity contribution in [1.29, 1.82) is 0 Å². The molecule has 31 heavy (non-hydrogen) atoms. The normalized spacial score (nSPS) is 18.1. The van der Waals surface area contributed by atoms with Crippen LogP contribution in [0.5, 0.6) is 0 Å². The van der Waals surface area contributed by atoms with Crippen molar-refractivity contribution in [1.82, 2.24) is 14.7 Å². The Labute approximate surface area is 196 Å². The molecule has 0 spiro atoms. The van der Waals surface area contributed by atoms with Gasteiger partial charge in [-0.25, -0.2) is 4.79 Å². The van der Waals surface area contributed by atoms with Crippen molar-refractivity contribution in [3.63, 3.8) is 0 Å². The second-order valence-electron chi connectivity index (χ2n) is 7.03. The second kappa shape index (κ2) is 11.0. The van der Waals surface area contributed by atoms with Gasteiger partial charge in [0.15, 0.2) is 0 Å². The Bertz CT molecular complexity index is 900. The van der Waals surface area contributed by atoms with Gasteiger partial charge >= 0.3 is 6.09 Å². The molecule has 3 rings (SSSR count). The van der Waals surface area contributed by atoms with Crippen LogP contribution < -0.4 is 0 Å². The van der Waals surface area contributed by atoms with Gasteiger partial charge < -0.3 is 14.5 Å². The van der Waals surface area contributed by atoms with Gasteiger partial charge in [-0.1, -0.05) is 53.8 Å². The maximum atomic E-state index is 12.7. The van der Waals surface area contributed by atoms with E-state index in [-0.39, 0.29) is 17.9 Å². The molecule has 0 saturated carbocycles. The smallest absolute Gasteiger partial charge is 0.409 e. The molecule has 2 heterocycles. The van der Waals surface area contributed by atoms with Gasteiger partial charge in [0.05, 0.1) is 11.5 Å². The third-order valence-corrected chi connectivity index (χ3v) is 6.72. The molecule has 7 nitrogen and oxygen atoms in total. The molecule has 166 valence electrons. The summed E-state index contributed by atoms with van der Waals surface area (Å²) in [5, 5.41) is 0.571. The van der Waals surface area contributed by atoms with Gasteiger partial charge in [0.2, 0.25) is 5.91 Å². The van der Waals surface area contributed by atoms with Gasteiger partial charge in [0.1, 0.15) is 4.32 Å². The van der Waals surface area contributed by atoms with Crippen LogP contribution in [0.2, 0.25) is 5.02 Å². The number of benzene rings is 1. The first-order chi connectivity index (χ1) is 14.9. The monoisotopic (exact) mass is 481 g/mol. The van der Waals surface area contributed by atoms with Crippen LogP contribution in [0.1, 0.15) is 25.3 Å². The molecular weight excluding hydrogens is 458 g/mol. The minimum Gasteiger partial charge on any atom is -0.450 e. The van der Waals surface area contributed by atoms with E-state index in [2.05, 4.69) is 0 Å². The lowest BCUT2D eigenvalue weighted by molar-refractivity contribution is -0.133. The summed E-state index contributed by atoms with van der Waals surface area (Å²) in [5.41, 5.74) is 0.766. The molecule has 0 unspecified atom stereocenters. The second-order valence-corrected chi connectivity index (χ2v) is 9.11. The lowest BCUT2D eigenvalue weighted by Gasteiger charge is -2.34. The fourth-order valence-electron chi connectivity index (χ4n) is 3.33. The molecule has 0 aromatic heterocycles. The standard InChI is InChI=1S/C21H24ClN3O4S2/c1-2-29-20(28)24-12-10-23(11-13-24)18(26)8-5-9-25-19(27)17(31-21(25)30)14-15-6-3-4-7-16(15)22/h3-4,6-7,14H,2,5,8-13H2,1H3/b17-14+. The summed E-state index contributed by atoms with van der Waals surface area (Å²) in [6.07, 6.45) is 2.24. The van der Waals surface area contributed by atoms with E-state index >= 15 is 0 Å². The highest BCUT2D eigenvalue weighted by molar-refractivity contribution is 8.26. The molecule has 0 radical (unpaired) electrons. The van der Waals surface area contributed by atoms with E-state index in [1.54, 1.807) is 28.9 Å². The van der Waals surface area contributed by atoms with Crippen LogP contribution in [0.15, 0.2) is 29.2 Å². The first-order valence-electron chi connectivity index (χ1n) is 10.1. The summed E-state index contributed by atoms with van der Waals surface area (Å²) in [5.74, 6) is -0.147. The number of amides is 3. The lowest BCUT2D eigenvalue weighted by atomic mass is 10.2. The van der Waals surface area contributed by atoms with Gasteiger partial charge in [-0.05, 0) is 31.1 Å². The molecule has 0 bridgehead atoms. The Balaban J connectivity index is 1.47. The maximum absolute atomic E-state index is 12.7. The average Bonchev–Trinajstić information content (AvgIpc) is 3.03. The highest BCUT2D eigenvalue weighted by Crippen LogP contribution is 2.33. The molecule has 10 heteroatoms. The predicted molar refractivity (Wildman–Crippen MR) is 126 cm³/mol. The van der Waals surface area contributed by atoms with Crippen molar-refractivity contribution in [2.75, 3.05) is 39.3 Å². The number of hydrogen-bond donors (Lipinski definition) is 0. The number of carbonyl (C=O) groups excluding carboxylic acids is 3. The number of ether oxygens (including phenoxy) is 1. The van der Waals surface area contributed by atoms with Crippen LogP contribution in [-0.4, -0.2) is 76.3 Å². The Kier molecular flexibility index (Phi) is 8.34. The summed E-state index contributed by atoms with van der Waals surface area (Å²) in [4.78, 5) is 42.4. The van der Waals surface area contributed by atoms with E-state index in [4.69, 9.17) is 28.6 Å². The molecule has 1 aromatic carbocycles. The first-order valence-corrected chi connectivity index (χ1v) is 11.7. The first kappa shape index (κ1) is 23.6.